The van der Waals surface area contributed by atoms with Crippen molar-refractivity contribution >= 4 is 34.4 Å². The third-order valence-electron chi connectivity index (χ3n) is 5.52. The number of aromatic nitrogens is 4. The summed E-state index contributed by atoms with van der Waals surface area (Å²) in [6, 6.07) is 9.99. The van der Waals surface area contributed by atoms with E-state index in [1.165, 1.54) is 19.2 Å². The second-order valence-electron chi connectivity index (χ2n) is 7.54. The second kappa shape index (κ2) is 8.12. The highest BCUT2D eigenvalue weighted by molar-refractivity contribution is 6.31. The van der Waals surface area contributed by atoms with E-state index in [0.29, 0.717) is 35.3 Å². The average Bonchev–Trinajstić information content (AvgIpc) is 2.77. The summed E-state index contributed by atoms with van der Waals surface area (Å²) >= 11 is 6.09. The number of rotatable bonds is 4. The molecule has 5 rings (SSSR count). The Hall–Kier alpha value is -3.65. The number of amides is 1. The van der Waals surface area contributed by atoms with Gasteiger partial charge in [0.1, 0.15) is 5.82 Å². The maximum atomic E-state index is 14.5. The SMILES string of the molecule is CNC(=O)c1ccc(-c2nccnc2C2CN(c3ncc4ccc(Cl)cc4n3)C2)cc1F. The van der Waals surface area contributed by atoms with Gasteiger partial charge in [-0.2, -0.15) is 0 Å². The molecule has 0 atom stereocenters. The zero-order chi connectivity index (χ0) is 22.2. The first-order chi connectivity index (χ1) is 15.5. The molecule has 1 amide bonds. The van der Waals surface area contributed by atoms with Gasteiger partial charge in [0.05, 0.1) is 22.5 Å². The lowest BCUT2D eigenvalue weighted by Gasteiger charge is -2.39. The molecule has 0 spiro atoms. The lowest BCUT2D eigenvalue weighted by Crippen LogP contribution is -2.46. The van der Waals surface area contributed by atoms with Crippen molar-refractivity contribution in [2.45, 2.75) is 5.92 Å². The molecule has 32 heavy (non-hydrogen) atoms. The number of fused-ring (bicyclic) bond motifs is 1. The number of halogens is 2. The molecule has 1 aliphatic rings. The maximum absolute atomic E-state index is 14.5. The van der Waals surface area contributed by atoms with Crippen molar-refractivity contribution in [2.75, 3.05) is 25.0 Å². The monoisotopic (exact) mass is 448 g/mol. The van der Waals surface area contributed by atoms with E-state index >= 15 is 0 Å². The number of hydrogen-bond donors (Lipinski definition) is 1. The summed E-state index contributed by atoms with van der Waals surface area (Å²) in [6.45, 7) is 1.33. The molecule has 1 aliphatic heterocycles. The van der Waals surface area contributed by atoms with Crippen LogP contribution in [0.4, 0.5) is 10.3 Å². The van der Waals surface area contributed by atoms with E-state index < -0.39 is 11.7 Å². The smallest absolute Gasteiger partial charge is 0.253 e. The minimum Gasteiger partial charge on any atom is -0.355 e. The molecular formula is C23H18ClFN6O. The summed E-state index contributed by atoms with van der Waals surface area (Å²) in [5.41, 5.74) is 2.74. The van der Waals surface area contributed by atoms with E-state index in [1.807, 2.05) is 18.2 Å². The fraction of sp³-hybridized carbons (Fsp3) is 0.174. The van der Waals surface area contributed by atoms with Crippen molar-refractivity contribution in [2.24, 2.45) is 0 Å². The van der Waals surface area contributed by atoms with E-state index in [2.05, 4.69) is 30.2 Å². The van der Waals surface area contributed by atoms with Crippen LogP contribution in [0, 0.1) is 5.82 Å². The van der Waals surface area contributed by atoms with Gasteiger partial charge in [0.25, 0.3) is 5.91 Å². The summed E-state index contributed by atoms with van der Waals surface area (Å²) < 4.78 is 14.5. The lowest BCUT2D eigenvalue weighted by molar-refractivity contribution is 0.0959. The van der Waals surface area contributed by atoms with Crippen LogP contribution in [0.3, 0.4) is 0 Å². The third kappa shape index (κ3) is 3.62. The summed E-state index contributed by atoms with van der Waals surface area (Å²) in [4.78, 5) is 31.9. The predicted octanol–water partition coefficient (Wildman–Crippen LogP) is 3.84. The van der Waals surface area contributed by atoms with Crippen LogP contribution in [0.2, 0.25) is 5.02 Å². The largest absolute Gasteiger partial charge is 0.355 e. The normalized spacial score (nSPS) is 13.8. The molecule has 3 heterocycles. The van der Waals surface area contributed by atoms with Crippen molar-refractivity contribution in [1.82, 2.24) is 25.3 Å². The molecule has 2 aromatic carbocycles. The van der Waals surface area contributed by atoms with Crippen molar-refractivity contribution in [1.29, 1.82) is 0 Å². The Morgan fingerprint density at radius 2 is 1.94 bits per heavy atom. The topological polar surface area (TPSA) is 83.9 Å². The van der Waals surface area contributed by atoms with Gasteiger partial charge in [0, 0.05) is 60.6 Å². The van der Waals surface area contributed by atoms with Crippen LogP contribution >= 0.6 is 11.6 Å². The Kier molecular flexibility index (Phi) is 5.14. The molecule has 160 valence electrons. The fourth-order valence-corrected chi connectivity index (χ4v) is 3.97. The Morgan fingerprint density at radius 1 is 1.12 bits per heavy atom. The highest BCUT2D eigenvalue weighted by atomic mass is 35.5. The van der Waals surface area contributed by atoms with Crippen LogP contribution in [-0.4, -0.2) is 46.0 Å². The first-order valence-corrected chi connectivity index (χ1v) is 10.4. The van der Waals surface area contributed by atoms with Gasteiger partial charge in [-0.3, -0.25) is 14.8 Å². The lowest BCUT2D eigenvalue weighted by atomic mass is 9.92. The van der Waals surface area contributed by atoms with E-state index in [1.54, 1.807) is 24.7 Å². The number of nitrogens with zero attached hydrogens (tertiary/aromatic N) is 5. The highest BCUT2D eigenvalue weighted by Gasteiger charge is 2.33. The van der Waals surface area contributed by atoms with E-state index in [4.69, 9.17) is 11.6 Å². The standard InChI is InChI=1S/C23H18ClFN6O/c1-26-22(32)17-5-3-13(8-18(17)25)20-21(28-7-6-27-20)15-11-31(12-15)23-29-10-14-2-4-16(24)9-19(14)30-23/h2-10,15H,11-12H2,1H3,(H,26,32). The summed E-state index contributed by atoms with van der Waals surface area (Å²) in [5.74, 6) is -0.349. The van der Waals surface area contributed by atoms with Crippen LogP contribution in [0.5, 0.6) is 0 Å². The van der Waals surface area contributed by atoms with Gasteiger partial charge in [-0.15, -0.1) is 0 Å². The molecule has 1 saturated heterocycles. The number of carbonyl (C=O) groups excluding carboxylic acids is 1. The van der Waals surface area contributed by atoms with Crippen LogP contribution < -0.4 is 10.2 Å². The summed E-state index contributed by atoms with van der Waals surface area (Å²) in [6.07, 6.45) is 4.99. The number of hydrogen-bond acceptors (Lipinski definition) is 6. The zero-order valence-electron chi connectivity index (χ0n) is 17.1. The molecule has 0 aliphatic carbocycles. The van der Waals surface area contributed by atoms with Crippen LogP contribution in [0.1, 0.15) is 22.0 Å². The van der Waals surface area contributed by atoms with Gasteiger partial charge < -0.3 is 10.2 Å². The summed E-state index contributed by atoms with van der Waals surface area (Å²) in [7, 11) is 1.46. The van der Waals surface area contributed by atoms with Gasteiger partial charge >= 0.3 is 0 Å². The van der Waals surface area contributed by atoms with Crippen molar-refractivity contribution in [3.63, 3.8) is 0 Å². The molecular weight excluding hydrogens is 431 g/mol. The van der Waals surface area contributed by atoms with Crippen molar-refractivity contribution in [3.8, 4) is 11.3 Å². The molecule has 4 aromatic rings. The minimum absolute atomic E-state index is 0.00920. The first kappa shape index (κ1) is 20.3. The molecule has 0 saturated carbocycles. The van der Waals surface area contributed by atoms with Gasteiger partial charge in [0.15, 0.2) is 0 Å². The Balaban J connectivity index is 1.39. The molecule has 9 heteroatoms. The van der Waals surface area contributed by atoms with Crippen molar-refractivity contribution in [3.05, 3.63) is 77.1 Å². The Bertz CT molecular complexity index is 1340. The number of nitrogens with one attached hydrogen (secondary N) is 1. The number of carbonyl (C=O) groups is 1. The van der Waals surface area contributed by atoms with Crippen LogP contribution in [-0.2, 0) is 0 Å². The summed E-state index contributed by atoms with van der Waals surface area (Å²) in [5, 5.41) is 3.98. The number of benzene rings is 2. The maximum Gasteiger partial charge on any atom is 0.253 e. The highest BCUT2D eigenvalue weighted by Crippen LogP contribution is 2.34. The molecule has 1 N–H and O–H groups in total. The molecule has 0 radical (unpaired) electrons. The van der Waals surface area contributed by atoms with Crippen molar-refractivity contribution < 1.29 is 9.18 Å². The van der Waals surface area contributed by atoms with E-state index in [-0.39, 0.29) is 11.5 Å². The molecule has 0 bridgehead atoms. The predicted molar refractivity (Wildman–Crippen MR) is 120 cm³/mol. The number of anilines is 1. The van der Waals surface area contributed by atoms with Gasteiger partial charge in [-0.05, 0) is 30.3 Å². The van der Waals surface area contributed by atoms with E-state index in [0.717, 1.165) is 16.6 Å². The molecule has 1 fully saturated rings. The van der Waals surface area contributed by atoms with Crippen LogP contribution in [0.15, 0.2) is 55.0 Å². The van der Waals surface area contributed by atoms with Gasteiger partial charge in [-0.1, -0.05) is 17.7 Å². The first-order valence-electron chi connectivity index (χ1n) is 10.0. The molecule has 0 unspecified atom stereocenters. The second-order valence-corrected chi connectivity index (χ2v) is 7.98. The van der Waals surface area contributed by atoms with Gasteiger partial charge in [0.2, 0.25) is 5.95 Å². The molecule has 2 aromatic heterocycles. The minimum atomic E-state index is -0.600. The average molecular weight is 449 g/mol. The van der Waals surface area contributed by atoms with E-state index in [9.17, 15) is 9.18 Å². The fourth-order valence-electron chi connectivity index (χ4n) is 3.81. The molecule has 7 nitrogen and oxygen atoms in total. The Morgan fingerprint density at radius 3 is 2.72 bits per heavy atom. The van der Waals surface area contributed by atoms with Gasteiger partial charge in [-0.25, -0.2) is 14.4 Å². The zero-order valence-corrected chi connectivity index (χ0v) is 17.8. The van der Waals surface area contributed by atoms with Crippen LogP contribution in [0.25, 0.3) is 22.2 Å². The Labute approximate surface area is 188 Å². The third-order valence-corrected chi connectivity index (χ3v) is 5.76. The quantitative estimate of drug-likeness (QED) is 0.510.